The first-order chi connectivity index (χ1) is 10.9. The monoisotopic (exact) mass is 322 g/mol. The summed E-state index contributed by atoms with van der Waals surface area (Å²) in [4.78, 5) is 34.6. The zero-order valence-corrected chi connectivity index (χ0v) is 13.1. The first kappa shape index (κ1) is 17.0. The minimum atomic E-state index is -1.11. The summed E-state index contributed by atoms with van der Waals surface area (Å²) in [6.45, 7) is 4.06. The van der Waals surface area contributed by atoms with Gasteiger partial charge in [-0.25, -0.2) is 4.79 Å². The normalized spacial score (nSPS) is 26.4. The maximum absolute atomic E-state index is 12.2. The van der Waals surface area contributed by atoms with E-state index in [4.69, 9.17) is 18.9 Å². The number of esters is 3. The molecule has 1 aromatic rings. The van der Waals surface area contributed by atoms with Crippen molar-refractivity contribution in [3.63, 3.8) is 0 Å². The summed E-state index contributed by atoms with van der Waals surface area (Å²) in [5.74, 6) is -1.76. The van der Waals surface area contributed by atoms with E-state index in [0.717, 1.165) is 0 Å². The lowest BCUT2D eigenvalue weighted by molar-refractivity contribution is -0.194. The Bertz CT molecular complexity index is 583. The molecule has 0 N–H and O–H groups in total. The Morgan fingerprint density at radius 3 is 2.09 bits per heavy atom. The van der Waals surface area contributed by atoms with Gasteiger partial charge in [0.05, 0.1) is 5.56 Å². The molecule has 2 rings (SSSR count). The first-order valence-electron chi connectivity index (χ1n) is 7.14. The molecule has 4 atom stereocenters. The number of rotatable bonds is 4. The van der Waals surface area contributed by atoms with Crippen LogP contribution in [0.1, 0.15) is 31.1 Å². The fraction of sp³-hybridized carbons (Fsp3) is 0.438. The van der Waals surface area contributed by atoms with Crippen molar-refractivity contribution in [3.8, 4) is 0 Å². The molecule has 0 spiro atoms. The van der Waals surface area contributed by atoms with Gasteiger partial charge in [-0.2, -0.15) is 0 Å². The van der Waals surface area contributed by atoms with Gasteiger partial charge in [0.2, 0.25) is 12.4 Å². The maximum atomic E-state index is 12.2. The van der Waals surface area contributed by atoms with Crippen LogP contribution >= 0.6 is 0 Å². The average molecular weight is 322 g/mol. The van der Waals surface area contributed by atoms with Crippen LogP contribution in [0.4, 0.5) is 0 Å². The summed E-state index contributed by atoms with van der Waals surface area (Å²) in [5, 5.41) is 0. The number of hydrogen-bond donors (Lipinski definition) is 0. The van der Waals surface area contributed by atoms with Crippen molar-refractivity contribution in [2.75, 3.05) is 0 Å². The summed E-state index contributed by atoms with van der Waals surface area (Å²) in [7, 11) is 0. The third-order valence-electron chi connectivity index (χ3n) is 3.24. The van der Waals surface area contributed by atoms with Crippen LogP contribution in [0.25, 0.3) is 0 Å². The van der Waals surface area contributed by atoms with E-state index >= 15 is 0 Å². The molecule has 1 aliphatic rings. The summed E-state index contributed by atoms with van der Waals surface area (Å²) in [6.07, 6.45) is -3.61. The predicted molar refractivity (Wildman–Crippen MR) is 77.3 cm³/mol. The van der Waals surface area contributed by atoms with Crippen LogP contribution in [0.15, 0.2) is 30.3 Å². The Morgan fingerprint density at radius 2 is 1.52 bits per heavy atom. The van der Waals surface area contributed by atoms with E-state index in [1.165, 1.54) is 13.8 Å². The van der Waals surface area contributed by atoms with E-state index in [2.05, 4.69) is 0 Å². The molecule has 7 heteroatoms. The highest BCUT2D eigenvalue weighted by atomic mass is 16.7. The molecule has 0 amide bonds. The molecule has 1 heterocycles. The van der Waals surface area contributed by atoms with Gasteiger partial charge in [-0.05, 0) is 19.1 Å². The number of benzene rings is 1. The molecule has 0 aromatic heterocycles. The van der Waals surface area contributed by atoms with Gasteiger partial charge in [0, 0.05) is 13.8 Å². The molecular weight excluding hydrogens is 304 g/mol. The highest BCUT2D eigenvalue weighted by Crippen LogP contribution is 2.28. The van der Waals surface area contributed by atoms with Gasteiger partial charge < -0.3 is 18.9 Å². The van der Waals surface area contributed by atoms with Gasteiger partial charge in [0.15, 0.2) is 6.10 Å². The highest BCUT2D eigenvalue weighted by Gasteiger charge is 2.49. The van der Waals surface area contributed by atoms with Crippen LogP contribution in [-0.2, 0) is 28.5 Å². The van der Waals surface area contributed by atoms with E-state index < -0.39 is 42.5 Å². The molecule has 1 fully saturated rings. The van der Waals surface area contributed by atoms with Crippen molar-refractivity contribution in [2.24, 2.45) is 0 Å². The minimum Gasteiger partial charge on any atom is -0.452 e. The molecule has 0 radical (unpaired) electrons. The molecule has 23 heavy (non-hydrogen) atoms. The molecule has 1 aliphatic heterocycles. The van der Waals surface area contributed by atoms with Gasteiger partial charge in [-0.3, -0.25) is 9.59 Å². The second kappa shape index (κ2) is 7.23. The summed E-state index contributed by atoms with van der Waals surface area (Å²) in [5.41, 5.74) is 0.359. The lowest BCUT2D eigenvalue weighted by Crippen LogP contribution is -2.40. The molecule has 124 valence electrons. The molecule has 0 bridgehead atoms. The van der Waals surface area contributed by atoms with Crippen LogP contribution in [0.3, 0.4) is 0 Å². The number of hydrogen-bond acceptors (Lipinski definition) is 7. The first-order valence-corrected chi connectivity index (χ1v) is 7.14. The Labute approximate surface area is 133 Å². The van der Waals surface area contributed by atoms with Gasteiger partial charge >= 0.3 is 17.9 Å². The Hall–Kier alpha value is -2.41. The van der Waals surface area contributed by atoms with E-state index in [0.29, 0.717) is 5.56 Å². The molecule has 0 saturated carbocycles. The Morgan fingerprint density at radius 1 is 0.913 bits per heavy atom. The van der Waals surface area contributed by atoms with Crippen molar-refractivity contribution in [1.29, 1.82) is 0 Å². The molecule has 0 unspecified atom stereocenters. The van der Waals surface area contributed by atoms with E-state index in [9.17, 15) is 14.4 Å². The van der Waals surface area contributed by atoms with Crippen LogP contribution in [0, 0.1) is 0 Å². The SMILES string of the molecule is CC(=O)O[C@@H]1O[C@H](C)[C@H](OC(=O)c2ccccc2)[C@@H]1OC(C)=O. The predicted octanol–water partition coefficient (Wildman–Crippen LogP) is 1.45. The third-order valence-corrected chi connectivity index (χ3v) is 3.24. The second-order valence-corrected chi connectivity index (χ2v) is 5.13. The van der Waals surface area contributed by atoms with Crippen LogP contribution in [0.2, 0.25) is 0 Å². The quantitative estimate of drug-likeness (QED) is 0.612. The summed E-state index contributed by atoms with van der Waals surface area (Å²) in [6, 6.07) is 8.39. The van der Waals surface area contributed by atoms with Gasteiger partial charge in [0.1, 0.15) is 6.10 Å². The van der Waals surface area contributed by atoms with Crippen LogP contribution in [-0.4, -0.2) is 42.5 Å². The lowest BCUT2D eigenvalue weighted by atomic mass is 10.1. The van der Waals surface area contributed by atoms with Crippen molar-refractivity contribution in [2.45, 2.75) is 45.4 Å². The third kappa shape index (κ3) is 4.29. The Kier molecular flexibility index (Phi) is 5.33. The molecular formula is C16H18O7. The minimum absolute atomic E-state index is 0.359. The molecule has 1 aromatic carbocycles. The standard InChI is InChI=1S/C16H18O7/c1-9-13(23-15(19)12-7-5-4-6-8-12)14(21-10(2)17)16(20-9)22-11(3)18/h4-9,13-14,16H,1-3H3/t9-,13+,14+,16+/m1/s1. The summed E-state index contributed by atoms with van der Waals surface area (Å²) < 4.78 is 20.9. The smallest absolute Gasteiger partial charge is 0.338 e. The highest BCUT2D eigenvalue weighted by molar-refractivity contribution is 5.89. The number of carbonyl (C=O) groups is 3. The number of ether oxygens (including phenoxy) is 4. The van der Waals surface area contributed by atoms with Gasteiger partial charge in [-0.15, -0.1) is 0 Å². The maximum Gasteiger partial charge on any atom is 0.338 e. The van der Waals surface area contributed by atoms with Crippen LogP contribution in [0.5, 0.6) is 0 Å². The van der Waals surface area contributed by atoms with Crippen molar-refractivity contribution in [3.05, 3.63) is 35.9 Å². The largest absolute Gasteiger partial charge is 0.452 e. The van der Waals surface area contributed by atoms with E-state index in [1.807, 2.05) is 0 Å². The molecule has 7 nitrogen and oxygen atoms in total. The van der Waals surface area contributed by atoms with E-state index in [1.54, 1.807) is 37.3 Å². The lowest BCUT2D eigenvalue weighted by Gasteiger charge is -2.22. The van der Waals surface area contributed by atoms with Gasteiger partial charge in [-0.1, -0.05) is 18.2 Å². The van der Waals surface area contributed by atoms with Crippen molar-refractivity contribution >= 4 is 17.9 Å². The topological polar surface area (TPSA) is 88.1 Å². The van der Waals surface area contributed by atoms with Crippen molar-refractivity contribution in [1.82, 2.24) is 0 Å². The Balaban J connectivity index is 2.15. The zero-order valence-electron chi connectivity index (χ0n) is 13.1. The van der Waals surface area contributed by atoms with Gasteiger partial charge in [0.25, 0.3) is 0 Å². The molecule has 0 aliphatic carbocycles. The number of carbonyl (C=O) groups excluding carboxylic acids is 3. The van der Waals surface area contributed by atoms with Crippen LogP contribution < -0.4 is 0 Å². The second-order valence-electron chi connectivity index (χ2n) is 5.13. The van der Waals surface area contributed by atoms with E-state index in [-0.39, 0.29) is 0 Å². The molecule has 1 saturated heterocycles. The fourth-order valence-electron chi connectivity index (χ4n) is 2.29. The zero-order chi connectivity index (χ0) is 17.0. The summed E-state index contributed by atoms with van der Waals surface area (Å²) >= 11 is 0. The van der Waals surface area contributed by atoms with Crippen molar-refractivity contribution < 1.29 is 33.3 Å². The average Bonchev–Trinajstić information content (AvgIpc) is 2.75. The fourth-order valence-corrected chi connectivity index (χ4v) is 2.29.